The van der Waals surface area contributed by atoms with E-state index in [0.717, 1.165) is 6.42 Å². The minimum atomic E-state index is -1.40. The van der Waals surface area contributed by atoms with E-state index in [1.165, 1.54) is 0 Å². The number of ether oxygens (including phenoxy) is 1. The Morgan fingerprint density at radius 1 is 1.50 bits per heavy atom. The van der Waals surface area contributed by atoms with Gasteiger partial charge in [0.15, 0.2) is 0 Å². The predicted molar refractivity (Wildman–Crippen MR) is 63.0 cm³/mol. The van der Waals surface area contributed by atoms with Crippen LogP contribution in [0.1, 0.15) is 27.2 Å². The number of hydrogen-bond acceptors (Lipinski definition) is 2. The number of rotatable bonds is 5. The molecule has 0 N–H and O–H groups in total. The molecule has 0 fully saturated rings. The molecule has 0 aliphatic carbocycles. The van der Waals surface area contributed by atoms with Crippen LogP contribution in [-0.4, -0.2) is 20.3 Å². The van der Waals surface area contributed by atoms with E-state index in [1.54, 1.807) is 6.92 Å². The fraction of sp³-hybridized carbons (Fsp3) is 0.727. The summed E-state index contributed by atoms with van der Waals surface area (Å²) in [6.07, 6.45) is 1.76. The topological polar surface area (TPSA) is 26.3 Å². The SMILES string of the molecule is C=C(C)C(=O)OC[Si](C)(C)C(C)CC. The fourth-order valence-corrected chi connectivity index (χ4v) is 2.96. The maximum Gasteiger partial charge on any atom is 0.332 e. The lowest BCUT2D eigenvalue weighted by Crippen LogP contribution is -2.38. The van der Waals surface area contributed by atoms with Crippen molar-refractivity contribution in [3.63, 3.8) is 0 Å². The first-order valence-electron chi connectivity index (χ1n) is 5.14. The highest BCUT2D eigenvalue weighted by Gasteiger charge is 2.28. The van der Waals surface area contributed by atoms with Crippen molar-refractivity contribution in [2.45, 2.75) is 45.8 Å². The van der Waals surface area contributed by atoms with E-state index in [9.17, 15) is 4.79 Å². The largest absolute Gasteiger partial charge is 0.466 e. The van der Waals surface area contributed by atoms with Crippen LogP contribution in [-0.2, 0) is 9.53 Å². The molecule has 0 heterocycles. The molecule has 0 saturated carbocycles. The molecule has 0 aliphatic rings. The highest BCUT2D eigenvalue weighted by Crippen LogP contribution is 2.24. The number of esters is 1. The van der Waals surface area contributed by atoms with Crippen LogP contribution in [0.5, 0.6) is 0 Å². The van der Waals surface area contributed by atoms with Gasteiger partial charge in [-0.15, -0.1) is 0 Å². The average Bonchev–Trinajstić information content (AvgIpc) is 2.12. The van der Waals surface area contributed by atoms with Gasteiger partial charge in [-0.05, 0) is 12.5 Å². The van der Waals surface area contributed by atoms with Gasteiger partial charge >= 0.3 is 5.97 Å². The van der Waals surface area contributed by atoms with Gasteiger partial charge in [-0.1, -0.05) is 39.9 Å². The Morgan fingerprint density at radius 3 is 2.36 bits per heavy atom. The number of carbonyl (C=O) groups excluding carboxylic acids is 1. The van der Waals surface area contributed by atoms with E-state index in [1.807, 2.05) is 0 Å². The Balaban J connectivity index is 4.11. The third-order valence-electron chi connectivity index (χ3n) is 2.87. The standard InChI is InChI=1S/C11H22O2Si/c1-7-10(4)14(5,6)8-13-11(12)9(2)3/h10H,2,7-8H2,1,3-6H3. The van der Waals surface area contributed by atoms with Crippen LogP contribution in [0.2, 0.25) is 18.6 Å². The van der Waals surface area contributed by atoms with Crippen LogP contribution >= 0.6 is 0 Å². The van der Waals surface area contributed by atoms with Crippen molar-refractivity contribution in [1.82, 2.24) is 0 Å². The summed E-state index contributed by atoms with van der Waals surface area (Å²) in [6, 6.07) is 0. The third kappa shape index (κ3) is 4.09. The summed E-state index contributed by atoms with van der Waals surface area (Å²) in [6.45, 7) is 14.2. The molecule has 82 valence electrons. The van der Waals surface area contributed by atoms with Gasteiger partial charge in [0.1, 0.15) is 0 Å². The Hall–Kier alpha value is -0.573. The lowest BCUT2D eigenvalue weighted by molar-refractivity contribution is -0.137. The van der Waals surface area contributed by atoms with Crippen molar-refractivity contribution >= 4 is 14.0 Å². The molecule has 0 aliphatic heterocycles. The van der Waals surface area contributed by atoms with E-state index in [-0.39, 0.29) is 5.97 Å². The molecular formula is C11H22O2Si. The first kappa shape index (κ1) is 13.4. The van der Waals surface area contributed by atoms with Crippen LogP contribution < -0.4 is 0 Å². The highest BCUT2D eigenvalue weighted by molar-refractivity contribution is 6.78. The van der Waals surface area contributed by atoms with E-state index in [0.29, 0.717) is 17.3 Å². The number of hydrogen-bond donors (Lipinski definition) is 0. The summed E-state index contributed by atoms with van der Waals surface area (Å²) < 4.78 is 5.21. The Morgan fingerprint density at radius 2 is 2.00 bits per heavy atom. The summed E-state index contributed by atoms with van der Waals surface area (Å²) in [5.74, 6) is -0.256. The zero-order valence-electron chi connectivity index (χ0n) is 10.0. The molecule has 0 bridgehead atoms. The highest BCUT2D eigenvalue weighted by atomic mass is 28.3. The molecule has 0 aromatic heterocycles. The molecule has 0 aromatic rings. The quantitative estimate of drug-likeness (QED) is 0.399. The van der Waals surface area contributed by atoms with E-state index >= 15 is 0 Å². The van der Waals surface area contributed by atoms with Crippen LogP contribution in [0.15, 0.2) is 12.2 Å². The molecule has 0 saturated heterocycles. The van der Waals surface area contributed by atoms with E-state index in [4.69, 9.17) is 4.74 Å². The van der Waals surface area contributed by atoms with E-state index < -0.39 is 8.07 Å². The van der Waals surface area contributed by atoms with Crippen molar-refractivity contribution in [2.75, 3.05) is 6.23 Å². The molecule has 0 radical (unpaired) electrons. The van der Waals surface area contributed by atoms with Gasteiger partial charge in [-0.3, -0.25) is 0 Å². The summed E-state index contributed by atoms with van der Waals surface area (Å²) in [5, 5.41) is 0. The minimum absolute atomic E-state index is 0.256. The molecule has 0 aromatic carbocycles. The first-order chi connectivity index (χ1) is 6.31. The molecule has 0 rings (SSSR count). The lowest BCUT2D eigenvalue weighted by atomic mass is 10.4. The second kappa shape index (κ2) is 5.34. The molecule has 14 heavy (non-hydrogen) atoms. The third-order valence-corrected chi connectivity index (χ3v) is 6.83. The van der Waals surface area contributed by atoms with Crippen molar-refractivity contribution in [2.24, 2.45) is 0 Å². The summed E-state index contributed by atoms with van der Waals surface area (Å²) in [5.41, 5.74) is 1.17. The van der Waals surface area contributed by atoms with Gasteiger partial charge in [0.2, 0.25) is 0 Å². The lowest BCUT2D eigenvalue weighted by Gasteiger charge is -2.28. The molecule has 1 unspecified atom stereocenters. The fourth-order valence-electron chi connectivity index (χ4n) is 1.07. The molecule has 2 nitrogen and oxygen atoms in total. The van der Waals surface area contributed by atoms with Crippen molar-refractivity contribution in [3.05, 3.63) is 12.2 Å². The van der Waals surface area contributed by atoms with Gasteiger partial charge in [-0.25, -0.2) is 4.79 Å². The van der Waals surface area contributed by atoms with Crippen molar-refractivity contribution in [1.29, 1.82) is 0 Å². The summed E-state index contributed by atoms with van der Waals surface area (Å²) >= 11 is 0. The molecular weight excluding hydrogens is 192 g/mol. The van der Waals surface area contributed by atoms with Gasteiger partial charge < -0.3 is 4.74 Å². The van der Waals surface area contributed by atoms with Gasteiger partial charge in [0.05, 0.1) is 14.3 Å². The summed E-state index contributed by atoms with van der Waals surface area (Å²) in [4.78, 5) is 11.2. The molecule has 3 heteroatoms. The Bertz CT molecular complexity index is 221. The molecule has 0 amide bonds. The van der Waals surface area contributed by atoms with Crippen LogP contribution in [0.4, 0.5) is 0 Å². The monoisotopic (exact) mass is 214 g/mol. The van der Waals surface area contributed by atoms with Crippen LogP contribution in [0.3, 0.4) is 0 Å². The number of carbonyl (C=O) groups is 1. The zero-order chi connectivity index (χ0) is 11.4. The van der Waals surface area contributed by atoms with Crippen molar-refractivity contribution < 1.29 is 9.53 Å². The Labute approximate surface area is 88.4 Å². The minimum Gasteiger partial charge on any atom is -0.466 e. The maximum absolute atomic E-state index is 11.2. The van der Waals surface area contributed by atoms with Crippen LogP contribution in [0.25, 0.3) is 0 Å². The first-order valence-corrected chi connectivity index (χ1v) is 8.42. The van der Waals surface area contributed by atoms with Gasteiger partial charge in [0, 0.05) is 5.57 Å². The van der Waals surface area contributed by atoms with Crippen molar-refractivity contribution in [3.8, 4) is 0 Å². The second-order valence-electron chi connectivity index (χ2n) is 4.65. The molecule has 0 spiro atoms. The zero-order valence-corrected chi connectivity index (χ0v) is 11.0. The smallest absolute Gasteiger partial charge is 0.332 e. The average molecular weight is 214 g/mol. The van der Waals surface area contributed by atoms with Gasteiger partial charge in [0.25, 0.3) is 0 Å². The van der Waals surface area contributed by atoms with Crippen LogP contribution in [0, 0.1) is 0 Å². The van der Waals surface area contributed by atoms with E-state index in [2.05, 4.69) is 33.5 Å². The summed E-state index contributed by atoms with van der Waals surface area (Å²) in [7, 11) is -1.40. The normalized spacial score (nSPS) is 13.5. The second-order valence-corrected chi connectivity index (χ2v) is 9.91. The predicted octanol–water partition coefficient (Wildman–Crippen LogP) is 3.15. The maximum atomic E-state index is 11.2. The Kier molecular flexibility index (Phi) is 5.12. The molecule has 1 atom stereocenters. The van der Waals surface area contributed by atoms with Gasteiger partial charge in [-0.2, -0.15) is 0 Å².